The van der Waals surface area contributed by atoms with E-state index >= 15 is 0 Å². The van der Waals surface area contributed by atoms with Crippen molar-refractivity contribution in [3.63, 3.8) is 0 Å². The van der Waals surface area contributed by atoms with Gasteiger partial charge in [-0.2, -0.15) is 0 Å². The number of amides is 1. The van der Waals surface area contributed by atoms with Crippen molar-refractivity contribution in [1.82, 2.24) is 4.98 Å². The SMILES string of the molecule is COC(=O)Cc1csc(NC(=O)c2cccc(OCc3cccc(Cl)c3)c2)n1. The number of hydrogen-bond acceptors (Lipinski definition) is 6. The molecule has 0 atom stereocenters. The topological polar surface area (TPSA) is 77.5 Å². The fraction of sp³-hybridized carbons (Fsp3) is 0.150. The van der Waals surface area contributed by atoms with Gasteiger partial charge in [0, 0.05) is 16.0 Å². The second-order valence-corrected chi connectivity index (χ2v) is 7.09. The lowest BCUT2D eigenvalue weighted by molar-refractivity contribution is -0.139. The quantitative estimate of drug-likeness (QED) is 0.579. The largest absolute Gasteiger partial charge is 0.489 e. The molecule has 3 rings (SSSR count). The molecule has 1 heterocycles. The van der Waals surface area contributed by atoms with E-state index in [0.717, 1.165) is 5.56 Å². The number of aromatic nitrogens is 1. The number of esters is 1. The molecular formula is C20H17ClN2O4S. The molecule has 0 radical (unpaired) electrons. The molecule has 28 heavy (non-hydrogen) atoms. The summed E-state index contributed by atoms with van der Waals surface area (Å²) in [6.07, 6.45) is 0.0652. The molecule has 0 aliphatic heterocycles. The third kappa shape index (κ3) is 5.55. The van der Waals surface area contributed by atoms with Crippen LogP contribution in [0.4, 0.5) is 5.13 Å². The minimum atomic E-state index is -0.382. The minimum Gasteiger partial charge on any atom is -0.489 e. The summed E-state index contributed by atoms with van der Waals surface area (Å²) < 4.78 is 10.4. The van der Waals surface area contributed by atoms with Crippen molar-refractivity contribution in [3.05, 3.63) is 75.8 Å². The molecule has 1 amide bonds. The first-order valence-corrected chi connectivity index (χ1v) is 9.59. The maximum absolute atomic E-state index is 12.5. The Balaban J connectivity index is 1.61. The van der Waals surface area contributed by atoms with Gasteiger partial charge < -0.3 is 9.47 Å². The van der Waals surface area contributed by atoms with E-state index in [1.165, 1.54) is 18.4 Å². The third-order valence-corrected chi connectivity index (χ3v) is 4.76. The average molecular weight is 417 g/mol. The molecule has 0 aliphatic carbocycles. The molecule has 1 N–H and O–H groups in total. The molecule has 0 aliphatic rings. The van der Waals surface area contributed by atoms with Gasteiger partial charge in [0.05, 0.1) is 19.2 Å². The highest BCUT2D eigenvalue weighted by atomic mass is 35.5. The second-order valence-electron chi connectivity index (χ2n) is 5.80. The standard InChI is InChI=1S/C20H17ClN2O4S/c1-26-18(24)10-16-12-28-20(22-16)23-19(25)14-5-3-7-17(9-14)27-11-13-4-2-6-15(21)8-13/h2-9,12H,10-11H2,1H3,(H,22,23,25). The first-order chi connectivity index (χ1) is 13.5. The fourth-order valence-corrected chi connectivity index (χ4v) is 3.27. The van der Waals surface area contributed by atoms with Crippen LogP contribution < -0.4 is 10.1 Å². The highest BCUT2D eigenvalue weighted by Gasteiger charge is 2.12. The molecule has 6 nitrogen and oxygen atoms in total. The van der Waals surface area contributed by atoms with E-state index in [0.29, 0.717) is 33.8 Å². The zero-order valence-electron chi connectivity index (χ0n) is 15.0. The number of methoxy groups -OCH3 is 1. The number of carbonyl (C=O) groups excluding carboxylic acids is 2. The van der Waals surface area contributed by atoms with E-state index in [1.807, 2.05) is 18.2 Å². The van der Waals surface area contributed by atoms with Gasteiger partial charge in [0.1, 0.15) is 12.4 Å². The summed E-state index contributed by atoms with van der Waals surface area (Å²) in [5.74, 6) is -0.127. The lowest BCUT2D eigenvalue weighted by Crippen LogP contribution is -2.12. The van der Waals surface area contributed by atoms with Gasteiger partial charge >= 0.3 is 5.97 Å². The van der Waals surface area contributed by atoms with E-state index in [9.17, 15) is 9.59 Å². The Bertz CT molecular complexity index is 990. The summed E-state index contributed by atoms with van der Waals surface area (Å²) in [6, 6.07) is 14.3. The van der Waals surface area contributed by atoms with Crippen LogP contribution in [-0.2, 0) is 22.6 Å². The fourth-order valence-electron chi connectivity index (χ4n) is 2.36. The summed E-state index contributed by atoms with van der Waals surface area (Å²) >= 11 is 7.21. The summed E-state index contributed by atoms with van der Waals surface area (Å²) in [5.41, 5.74) is 1.92. The molecule has 0 saturated heterocycles. The number of halogens is 1. The summed E-state index contributed by atoms with van der Waals surface area (Å²) in [4.78, 5) is 28.0. The maximum atomic E-state index is 12.5. The van der Waals surface area contributed by atoms with Crippen molar-refractivity contribution in [2.75, 3.05) is 12.4 Å². The average Bonchev–Trinajstić information content (AvgIpc) is 3.13. The lowest BCUT2D eigenvalue weighted by Gasteiger charge is -2.08. The number of rotatable bonds is 7. The molecule has 0 unspecified atom stereocenters. The van der Waals surface area contributed by atoms with Gasteiger partial charge in [-0.25, -0.2) is 4.98 Å². The van der Waals surface area contributed by atoms with Gasteiger partial charge in [0.15, 0.2) is 5.13 Å². The molecule has 1 aromatic heterocycles. The Kier molecular flexibility index (Phi) is 6.62. The van der Waals surface area contributed by atoms with Gasteiger partial charge in [-0.05, 0) is 35.9 Å². The summed E-state index contributed by atoms with van der Waals surface area (Å²) in [5, 5.41) is 5.48. The molecule has 0 bridgehead atoms. The predicted octanol–water partition coefficient (Wildman–Crippen LogP) is 4.34. The number of nitrogens with zero attached hydrogens (tertiary/aromatic N) is 1. The Hall–Kier alpha value is -2.90. The van der Waals surface area contributed by atoms with Crippen molar-refractivity contribution in [3.8, 4) is 5.75 Å². The zero-order chi connectivity index (χ0) is 19.9. The number of benzene rings is 2. The maximum Gasteiger partial charge on any atom is 0.311 e. The Morgan fingerprint density at radius 1 is 1.18 bits per heavy atom. The van der Waals surface area contributed by atoms with Crippen LogP contribution in [0.25, 0.3) is 0 Å². The number of anilines is 1. The first-order valence-electron chi connectivity index (χ1n) is 8.33. The van der Waals surface area contributed by atoms with E-state index in [-0.39, 0.29) is 18.3 Å². The molecule has 3 aromatic rings. The molecule has 8 heteroatoms. The molecule has 0 spiro atoms. The normalized spacial score (nSPS) is 10.4. The van der Waals surface area contributed by atoms with Crippen LogP contribution in [0.1, 0.15) is 21.6 Å². The molecule has 144 valence electrons. The first kappa shape index (κ1) is 19.9. The van der Waals surface area contributed by atoms with Gasteiger partial charge in [-0.1, -0.05) is 29.8 Å². The molecule has 0 fully saturated rings. The van der Waals surface area contributed by atoms with Crippen molar-refractivity contribution < 1.29 is 19.1 Å². The summed E-state index contributed by atoms with van der Waals surface area (Å²) in [7, 11) is 1.32. The third-order valence-electron chi connectivity index (χ3n) is 3.72. The number of carbonyl (C=O) groups is 2. The number of nitrogens with one attached hydrogen (secondary N) is 1. The van der Waals surface area contributed by atoms with E-state index in [2.05, 4.69) is 15.0 Å². The Morgan fingerprint density at radius 3 is 2.79 bits per heavy atom. The van der Waals surface area contributed by atoms with Crippen LogP contribution in [0.15, 0.2) is 53.9 Å². The van der Waals surface area contributed by atoms with Crippen LogP contribution in [-0.4, -0.2) is 24.0 Å². The van der Waals surface area contributed by atoms with Crippen molar-refractivity contribution >= 4 is 39.9 Å². The highest BCUT2D eigenvalue weighted by Crippen LogP contribution is 2.20. The molecule has 2 aromatic carbocycles. The molecular weight excluding hydrogens is 400 g/mol. The van der Waals surface area contributed by atoms with Crippen LogP contribution in [0.2, 0.25) is 5.02 Å². The van der Waals surface area contributed by atoms with Crippen molar-refractivity contribution in [2.45, 2.75) is 13.0 Å². The number of ether oxygens (including phenoxy) is 2. The van der Waals surface area contributed by atoms with Gasteiger partial charge in [0.25, 0.3) is 5.91 Å². The van der Waals surface area contributed by atoms with E-state index in [1.54, 1.807) is 35.7 Å². The smallest absolute Gasteiger partial charge is 0.311 e. The van der Waals surface area contributed by atoms with Gasteiger partial charge in [-0.15, -0.1) is 11.3 Å². The second kappa shape index (κ2) is 9.34. The van der Waals surface area contributed by atoms with E-state index < -0.39 is 0 Å². The Labute approximate surface area is 171 Å². The van der Waals surface area contributed by atoms with Crippen molar-refractivity contribution in [2.24, 2.45) is 0 Å². The van der Waals surface area contributed by atoms with Crippen molar-refractivity contribution in [1.29, 1.82) is 0 Å². The van der Waals surface area contributed by atoms with Crippen LogP contribution in [0, 0.1) is 0 Å². The number of hydrogen-bond donors (Lipinski definition) is 1. The molecule has 0 saturated carbocycles. The van der Waals surface area contributed by atoms with Crippen LogP contribution in [0.5, 0.6) is 5.75 Å². The van der Waals surface area contributed by atoms with Gasteiger partial charge in [0.2, 0.25) is 0 Å². The van der Waals surface area contributed by atoms with E-state index in [4.69, 9.17) is 16.3 Å². The van der Waals surface area contributed by atoms with Gasteiger partial charge in [-0.3, -0.25) is 14.9 Å². The lowest BCUT2D eigenvalue weighted by atomic mass is 10.2. The Morgan fingerprint density at radius 2 is 2.00 bits per heavy atom. The minimum absolute atomic E-state index is 0.0652. The summed E-state index contributed by atoms with van der Waals surface area (Å²) in [6.45, 7) is 0.342. The van der Waals surface area contributed by atoms with Crippen LogP contribution in [0.3, 0.4) is 0 Å². The zero-order valence-corrected chi connectivity index (χ0v) is 16.5. The van der Waals surface area contributed by atoms with Crippen LogP contribution >= 0.6 is 22.9 Å². The number of thiazole rings is 1. The predicted molar refractivity (Wildman–Crippen MR) is 108 cm³/mol. The monoisotopic (exact) mass is 416 g/mol. The highest BCUT2D eigenvalue weighted by molar-refractivity contribution is 7.14.